The van der Waals surface area contributed by atoms with Crippen molar-refractivity contribution >= 4 is 47.6 Å². The molecule has 0 bridgehead atoms. The Balaban J connectivity index is 1.14. The Bertz CT molecular complexity index is 1840. The van der Waals surface area contributed by atoms with Gasteiger partial charge in [0.05, 0.1) is 35.9 Å². The molecule has 0 unspecified atom stereocenters. The fraction of sp³-hybridized carbons (Fsp3) is 0.270. The first-order chi connectivity index (χ1) is 23.4. The number of nitrogens with one attached hydrogen (secondary N) is 1. The molecule has 4 heterocycles. The summed E-state index contributed by atoms with van der Waals surface area (Å²) in [7, 11) is -1.14. The second-order valence-electron chi connectivity index (χ2n) is 12.4. The maximum atomic E-state index is 14.1. The van der Waals surface area contributed by atoms with Crippen molar-refractivity contribution in [3.05, 3.63) is 119 Å². The van der Waals surface area contributed by atoms with E-state index in [1.807, 2.05) is 66.7 Å². The number of rotatable bonds is 10. The van der Waals surface area contributed by atoms with Crippen LogP contribution in [-0.2, 0) is 20.9 Å². The summed E-state index contributed by atoms with van der Waals surface area (Å²) in [6.45, 7) is -0.483. The number of nitrogens with zero attached hydrogens (tertiary/aromatic N) is 2. The zero-order valence-corrected chi connectivity index (χ0v) is 26.2. The van der Waals surface area contributed by atoms with Gasteiger partial charge in [0.2, 0.25) is 11.8 Å². The number of carbonyl (C=O) groups excluding carboxylic acids is 2. The Morgan fingerprint density at radius 3 is 2.40 bits per heavy atom. The van der Waals surface area contributed by atoms with Crippen molar-refractivity contribution in [2.75, 3.05) is 16.8 Å². The summed E-state index contributed by atoms with van der Waals surface area (Å²) in [6, 6.07) is 26.0. The van der Waals surface area contributed by atoms with Gasteiger partial charge in [0.15, 0.2) is 0 Å². The van der Waals surface area contributed by atoms with Gasteiger partial charge in [0, 0.05) is 17.6 Å². The first-order valence-electron chi connectivity index (χ1n) is 16.2. The van der Waals surface area contributed by atoms with Gasteiger partial charge < -0.3 is 29.6 Å². The number of anilines is 3. The highest BCUT2D eigenvalue weighted by atomic mass is 16.5. The number of benzene rings is 2. The van der Waals surface area contributed by atoms with Crippen LogP contribution < -0.4 is 10.2 Å². The van der Waals surface area contributed by atoms with Gasteiger partial charge >= 0.3 is 7.12 Å². The van der Waals surface area contributed by atoms with E-state index in [4.69, 9.17) is 9.07 Å². The van der Waals surface area contributed by atoms with Crippen LogP contribution >= 0.6 is 0 Å². The maximum absolute atomic E-state index is 14.1. The molecule has 48 heavy (non-hydrogen) atoms. The minimum absolute atomic E-state index is 0.155. The highest BCUT2D eigenvalue weighted by molar-refractivity contribution is 6.43. The van der Waals surface area contributed by atoms with E-state index in [0.717, 1.165) is 28.2 Å². The predicted molar refractivity (Wildman–Crippen MR) is 181 cm³/mol. The fourth-order valence-corrected chi connectivity index (χ4v) is 7.39. The minimum atomic E-state index is -1.14. The molecular weight excluding hydrogens is 609 g/mol. The topological polar surface area (TPSA) is 145 Å². The molecule has 2 aromatic heterocycles. The van der Waals surface area contributed by atoms with Gasteiger partial charge in [0.1, 0.15) is 18.1 Å². The average molecular weight is 646 g/mol. The molecule has 1 aliphatic carbocycles. The monoisotopic (exact) mass is 645 g/mol. The molecule has 4 atom stereocenters. The van der Waals surface area contributed by atoms with E-state index >= 15 is 0 Å². The van der Waals surface area contributed by atoms with E-state index in [2.05, 4.69) is 10.3 Å². The molecule has 3 aliphatic rings. The van der Waals surface area contributed by atoms with Crippen molar-refractivity contribution in [1.29, 1.82) is 0 Å². The second kappa shape index (κ2) is 13.7. The molecule has 0 saturated carbocycles. The SMILES string of the molecule is O=C1[C@@H]2[C@@H](CC(CO)=C3[C@@H](CC/C(=C/c4ccc(CO)o4)c4ccccn4)OB(O)C[C@@H]32)C(=O)N1c1ccc(Nc2ccccc2)cc1. The molecule has 10 nitrogen and oxygen atoms in total. The van der Waals surface area contributed by atoms with Crippen LogP contribution in [-0.4, -0.2) is 51.9 Å². The van der Waals surface area contributed by atoms with E-state index in [9.17, 15) is 24.8 Å². The van der Waals surface area contributed by atoms with Gasteiger partial charge in [0.25, 0.3) is 0 Å². The van der Waals surface area contributed by atoms with E-state index in [1.165, 1.54) is 4.90 Å². The molecule has 11 heteroatoms. The largest absolute Gasteiger partial charge is 0.459 e. The molecule has 0 radical (unpaired) electrons. The van der Waals surface area contributed by atoms with E-state index < -0.39 is 31.0 Å². The molecule has 2 saturated heterocycles. The number of carbonyl (C=O) groups is 2. The Hall–Kier alpha value is -4.81. The van der Waals surface area contributed by atoms with Gasteiger partial charge in [-0.3, -0.25) is 19.5 Å². The predicted octanol–water partition coefficient (Wildman–Crippen LogP) is 5.23. The lowest BCUT2D eigenvalue weighted by atomic mass is 9.58. The Kier molecular flexibility index (Phi) is 9.10. The number of imide groups is 1. The summed E-state index contributed by atoms with van der Waals surface area (Å²) < 4.78 is 11.8. The third kappa shape index (κ3) is 6.25. The number of fused-ring (bicyclic) bond motifs is 3. The van der Waals surface area contributed by atoms with Gasteiger partial charge in [-0.2, -0.15) is 0 Å². The number of hydrogen-bond acceptors (Lipinski definition) is 9. The average Bonchev–Trinajstić information content (AvgIpc) is 3.68. The molecule has 2 fully saturated rings. The summed E-state index contributed by atoms with van der Waals surface area (Å²) in [5.41, 5.74) is 5.32. The van der Waals surface area contributed by atoms with Crippen LogP contribution in [0.5, 0.6) is 0 Å². The van der Waals surface area contributed by atoms with Gasteiger partial charge in [-0.1, -0.05) is 24.3 Å². The Morgan fingerprint density at radius 2 is 1.69 bits per heavy atom. The molecule has 2 amide bonds. The van der Waals surface area contributed by atoms with Crippen LogP contribution in [0, 0.1) is 17.8 Å². The van der Waals surface area contributed by atoms with Crippen molar-refractivity contribution in [2.24, 2.45) is 17.8 Å². The third-order valence-corrected chi connectivity index (χ3v) is 9.51. The smallest absolute Gasteiger partial charge is 0.455 e. The molecule has 2 aromatic carbocycles. The third-order valence-electron chi connectivity index (χ3n) is 9.51. The van der Waals surface area contributed by atoms with Crippen molar-refractivity contribution in [1.82, 2.24) is 4.98 Å². The van der Waals surface area contributed by atoms with Gasteiger partial charge in [-0.05, 0) is 115 Å². The van der Waals surface area contributed by atoms with Crippen molar-refractivity contribution < 1.29 is 33.9 Å². The molecule has 244 valence electrons. The normalized spacial score (nSPS) is 22.6. The molecule has 4 aromatic rings. The quantitative estimate of drug-likeness (QED) is 0.104. The number of pyridine rings is 1. The first-order valence-corrected chi connectivity index (χ1v) is 16.2. The lowest BCUT2D eigenvalue weighted by Gasteiger charge is -2.42. The maximum Gasteiger partial charge on any atom is 0.455 e. The van der Waals surface area contributed by atoms with Crippen LogP contribution in [0.4, 0.5) is 17.1 Å². The van der Waals surface area contributed by atoms with E-state index in [1.54, 1.807) is 30.5 Å². The summed E-state index contributed by atoms with van der Waals surface area (Å²) >= 11 is 0. The fourth-order valence-electron chi connectivity index (χ4n) is 7.39. The molecular formula is C37H36BN3O7. The molecule has 7 rings (SSSR count). The molecule has 0 spiro atoms. The van der Waals surface area contributed by atoms with Crippen LogP contribution in [0.3, 0.4) is 0 Å². The van der Waals surface area contributed by atoms with Gasteiger partial charge in [-0.15, -0.1) is 0 Å². The number of amides is 2. The Labute approximate surface area is 278 Å². The lowest BCUT2D eigenvalue weighted by molar-refractivity contribution is -0.122. The van der Waals surface area contributed by atoms with E-state index in [0.29, 0.717) is 35.6 Å². The molecule has 2 aliphatic heterocycles. The Morgan fingerprint density at radius 1 is 0.917 bits per heavy atom. The number of allylic oxidation sites excluding steroid dienone is 1. The summed E-state index contributed by atoms with van der Waals surface area (Å²) in [6.07, 6.45) is 4.31. The number of aromatic nitrogens is 1. The summed E-state index contributed by atoms with van der Waals surface area (Å²) in [4.78, 5) is 33.7. The van der Waals surface area contributed by atoms with Crippen molar-refractivity contribution in [3.63, 3.8) is 0 Å². The standard InChI is InChI=1S/C37H36BN3O7/c42-21-24-19-30-35(37(45)41(36(30)44)27-12-10-26(11-13-27)40-25-6-2-1-3-7-25)31-20-38(46)48-33(34(24)31)16-9-23(32-8-4-5-17-39-32)18-28-14-15-29(22-43)47-28/h1-8,10-15,17-18,30-31,33,35,40,42-43,46H,9,16,19-22H2/b23-18-/t30-,31+,33-,35-/m1/s1. The van der Waals surface area contributed by atoms with Crippen molar-refractivity contribution in [2.45, 2.75) is 38.3 Å². The second-order valence-corrected chi connectivity index (χ2v) is 12.4. The van der Waals surface area contributed by atoms with Crippen LogP contribution in [0.2, 0.25) is 6.32 Å². The number of aliphatic hydroxyl groups is 2. The zero-order valence-electron chi connectivity index (χ0n) is 26.2. The minimum Gasteiger partial charge on any atom is -0.459 e. The van der Waals surface area contributed by atoms with Crippen LogP contribution in [0.15, 0.2) is 107 Å². The van der Waals surface area contributed by atoms with Crippen LogP contribution in [0.1, 0.15) is 36.5 Å². The zero-order chi connectivity index (χ0) is 33.2. The highest BCUT2D eigenvalue weighted by Crippen LogP contribution is 2.51. The van der Waals surface area contributed by atoms with E-state index in [-0.39, 0.29) is 37.8 Å². The summed E-state index contributed by atoms with van der Waals surface area (Å²) in [5, 5.41) is 34.3. The number of hydrogen-bond donors (Lipinski definition) is 4. The number of para-hydroxylation sites is 1. The lowest BCUT2D eigenvalue weighted by Crippen LogP contribution is -2.46. The summed E-state index contributed by atoms with van der Waals surface area (Å²) in [5.74, 6) is -1.34. The first kappa shape index (κ1) is 31.8. The van der Waals surface area contributed by atoms with Gasteiger partial charge in [-0.25, -0.2) is 0 Å². The van der Waals surface area contributed by atoms with Crippen LogP contribution in [0.25, 0.3) is 11.6 Å². The molecule has 4 N–H and O–H groups in total. The number of aliphatic hydroxyl groups excluding tert-OH is 2. The number of furan rings is 1. The highest BCUT2D eigenvalue weighted by Gasteiger charge is 2.57. The van der Waals surface area contributed by atoms with Crippen molar-refractivity contribution in [3.8, 4) is 0 Å².